The van der Waals surface area contributed by atoms with Gasteiger partial charge in [-0.3, -0.25) is 14.6 Å². The van der Waals surface area contributed by atoms with Crippen molar-refractivity contribution in [3.05, 3.63) is 95.8 Å². The first kappa shape index (κ1) is 19.6. The van der Waals surface area contributed by atoms with Gasteiger partial charge in [0.2, 0.25) is 5.91 Å². The summed E-state index contributed by atoms with van der Waals surface area (Å²) in [5, 5.41) is 5.70. The lowest BCUT2D eigenvalue weighted by atomic mass is 10.1. The number of anilines is 1. The Kier molecular flexibility index (Phi) is 7.21. The highest BCUT2D eigenvalue weighted by molar-refractivity contribution is 7.99. The molecule has 0 aliphatic carbocycles. The average Bonchev–Trinajstić information content (AvgIpc) is 2.74. The van der Waals surface area contributed by atoms with Crippen LogP contribution in [0.25, 0.3) is 0 Å². The van der Waals surface area contributed by atoms with Crippen molar-refractivity contribution in [2.24, 2.45) is 0 Å². The topological polar surface area (TPSA) is 71.1 Å². The van der Waals surface area contributed by atoms with Crippen molar-refractivity contribution >= 4 is 29.3 Å². The van der Waals surface area contributed by atoms with Crippen LogP contribution in [0, 0.1) is 0 Å². The molecule has 3 aromatic rings. The number of carbonyl (C=O) groups is 2. The van der Waals surface area contributed by atoms with Crippen molar-refractivity contribution in [2.45, 2.75) is 12.3 Å². The van der Waals surface area contributed by atoms with Gasteiger partial charge in [0.25, 0.3) is 5.91 Å². The first-order valence-corrected chi connectivity index (χ1v) is 10.1. The maximum atomic E-state index is 12.5. The van der Waals surface area contributed by atoms with E-state index in [4.69, 9.17) is 0 Å². The van der Waals surface area contributed by atoms with E-state index in [-0.39, 0.29) is 11.8 Å². The Morgan fingerprint density at radius 1 is 0.893 bits per heavy atom. The first-order chi connectivity index (χ1) is 13.7. The summed E-state index contributed by atoms with van der Waals surface area (Å²) in [7, 11) is 0. The van der Waals surface area contributed by atoms with E-state index in [1.165, 1.54) is 17.3 Å². The minimum Gasteiger partial charge on any atom is -0.348 e. The number of nitrogens with zero attached hydrogens (tertiary/aromatic N) is 1. The maximum Gasteiger partial charge on any atom is 0.253 e. The van der Waals surface area contributed by atoms with Gasteiger partial charge >= 0.3 is 0 Å². The third-order valence-corrected chi connectivity index (χ3v) is 4.97. The molecule has 1 heterocycles. The van der Waals surface area contributed by atoms with Crippen molar-refractivity contribution < 1.29 is 9.59 Å². The lowest BCUT2D eigenvalue weighted by Gasteiger charge is -2.11. The number of aromatic nitrogens is 1. The van der Waals surface area contributed by atoms with E-state index in [0.717, 1.165) is 11.3 Å². The van der Waals surface area contributed by atoms with E-state index in [9.17, 15) is 9.59 Å². The Hall–Kier alpha value is -3.12. The summed E-state index contributed by atoms with van der Waals surface area (Å²) in [6, 6.07) is 20.7. The zero-order valence-corrected chi connectivity index (χ0v) is 16.1. The summed E-state index contributed by atoms with van der Waals surface area (Å²) in [5.41, 5.74) is 3.04. The van der Waals surface area contributed by atoms with Crippen LogP contribution < -0.4 is 10.6 Å². The summed E-state index contributed by atoms with van der Waals surface area (Å²) in [4.78, 5) is 28.8. The monoisotopic (exact) mass is 391 g/mol. The second-order valence-corrected chi connectivity index (χ2v) is 7.10. The number of benzene rings is 2. The van der Waals surface area contributed by atoms with Crippen LogP contribution in [0.5, 0.6) is 0 Å². The zero-order valence-electron chi connectivity index (χ0n) is 15.3. The number of thioether (sulfide) groups is 1. The predicted molar refractivity (Wildman–Crippen MR) is 113 cm³/mol. The number of para-hydroxylation sites is 1. The Balaban J connectivity index is 1.54. The Bertz CT molecular complexity index is 917. The Morgan fingerprint density at radius 2 is 1.64 bits per heavy atom. The van der Waals surface area contributed by atoms with E-state index >= 15 is 0 Å². The quantitative estimate of drug-likeness (QED) is 0.611. The van der Waals surface area contributed by atoms with Crippen molar-refractivity contribution in [3.63, 3.8) is 0 Å². The maximum absolute atomic E-state index is 12.5. The Labute approximate surface area is 168 Å². The standard InChI is InChI=1S/C22H21N3O2S/c26-21(16-28-15-17-7-2-1-3-8-17)25-20-11-5-4-10-19(20)22(27)24-14-18-9-6-12-23-13-18/h1-13H,14-16H2,(H,24,27)(H,25,26). The molecule has 142 valence electrons. The Morgan fingerprint density at radius 3 is 2.43 bits per heavy atom. The summed E-state index contributed by atoms with van der Waals surface area (Å²) >= 11 is 1.54. The number of nitrogens with one attached hydrogen (secondary N) is 2. The molecule has 28 heavy (non-hydrogen) atoms. The van der Waals surface area contributed by atoms with E-state index < -0.39 is 0 Å². The summed E-state index contributed by atoms with van der Waals surface area (Å²) in [6.07, 6.45) is 3.39. The van der Waals surface area contributed by atoms with Gasteiger partial charge in [0, 0.05) is 24.7 Å². The highest BCUT2D eigenvalue weighted by atomic mass is 32.2. The summed E-state index contributed by atoms with van der Waals surface area (Å²) in [5.74, 6) is 0.715. The number of rotatable bonds is 8. The van der Waals surface area contributed by atoms with E-state index in [2.05, 4.69) is 15.6 Å². The first-order valence-electron chi connectivity index (χ1n) is 8.90. The molecule has 0 saturated heterocycles. The van der Waals surface area contributed by atoms with Crippen molar-refractivity contribution in [1.82, 2.24) is 10.3 Å². The van der Waals surface area contributed by atoms with Gasteiger partial charge in [0.1, 0.15) is 0 Å². The van der Waals surface area contributed by atoms with Gasteiger partial charge in [-0.15, -0.1) is 11.8 Å². The molecule has 1 aromatic heterocycles. The fourth-order valence-electron chi connectivity index (χ4n) is 2.59. The third kappa shape index (κ3) is 5.96. The fourth-order valence-corrected chi connectivity index (χ4v) is 3.38. The van der Waals surface area contributed by atoms with Crippen LogP contribution >= 0.6 is 11.8 Å². The number of pyridine rings is 1. The molecule has 2 aromatic carbocycles. The van der Waals surface area contributed by atoms with Crippen molar-refractivity contribution in [1.29, 1.82) is 0 Å². The van der Waals surface area contributed by atoms with Gasteiger partial charge in [0.15, 0.2) is 0 Å². The van der Waals surface area contributed by atoms with E-state index in [1.807, 2.05) is 42.5 Å². The third-order valence-electron chi connectivity index (χ3n) is 3.97. The summed E-state index contributed by atoms with van der Waals surface area (Å²) < 4.78 is 0. The minimum absolute atomic E-state index is 0.131. The number of carbonyl (C=O) groups excluding carboxylic acids is 2. The zero-order chi connectivity index (χ0) is 19.6. The van der Waals surface area contributed by atoms with Crippen LogP contribution in [-0.4, -0.2) is 22.6 Å². The molecule has 0 saturated carbocycles. The highest BCUT2D eigenvalue weighted by Gasteiger charge is 2.13. The fraction of sp³-hybridized carbons (Fsp3) is 0.136. The molecule has 0 bridgehead atoms. The average molecular weight is 391 g/mol. The number of amides is 2. The van der Waals surface area contributed by atoms with Crippen LogP contribution in [0.2, 0.25) is 0 Å². The minimum atomic E-state index is -0.239. The van der Waals surface area contributed by atoms with Crippen LogP contribution in [-0.2, 0) is 17.1 Å². The second kappa shape index (κ2) is 10.3. The molecule has 2 N–H and O–H groups in total. The van der Waals surface area contributed by atoms with Gasteiger partial charge in [-0.05, 0) is 29.3 Å². The molecular formula is C22H21N3O2S. The highest BCUT2D eigenvalue weighted by Crippen LogP contribution is 2.17. The van der Waals surface area contributed by atoms with Gasteiger partial charge in [0.05, 0.1) is 17.0 Å². The smallest absolute Gasteiger partial charge is 0.253 e. The largest absolute Gasteiger partial charge is 0.348 e. The molecule has 5 nitrogen and oxygen atoms in total. The lowest BCUT2D eigenvalue weighted by molar-refractivity contribution is -0.113. The molecule has 0 aliphatic heterocycles. The van der Waals surface area contributed by atoms with Crippen LogP contribution in [0.4, 0.5) is 5.69 Å². The predicted octanol–water partition coefficient (Wildman–Crippen LogP) is 3.88. The second-order valence-electron chi connectivity index (χ2n) is 6.12. The molecule has 0 aliphatic rings. The van der Waals surface area contributed by atoms with Crippen molar-refractivity contribution in [3.8, 4) is 0 Å². The van der Waals surface area contributed by atoms with Gasteiger partial charge in [-0.1, -0.05) is 48.5 Å². The molecule has 6 heteroatoms. The molecule has 2 amide bonds. The van der Waals surface area contributed by atoms with Crippen LogP contribution in [0.3, 0.4) is 0 Å². The number of hydrogen-bond donors (Lipinski definition) is 2. The summed E-state index contributed by atoms with van der Waals surface area (Å²) in [6.45, 7) is 0.377. The lowest BCUT2D eigenvalue weighted by Crippen LogP contribution is -2.25. The molecule has 0 atom stereocenters. The molecule has 0 spiro atoms. The van der Waals surface area contributed by atoms with Gasteiger partial charge < -0.3 is 10.6 Å². The molecule has 3 rings (SSSR count). The van der Waals surface area contributed by atoms with Gasteiger partial charge in [-0.2, -0.15) is 0 Å². The van der Waals surface area contributed by atoms with E-state index in [1.54, 1.807) is 36.7 Å². The van der Waals surface area contributed by atoms with Crippen LogP contribution in [0.15, 0.2) is 79.1 Å². The molecule has 0 unspecified atom stereocenters. The number of hydrogen-bond acceptors (Lipinski definition) is 4. The molecule has 0 radical (unpaired) electrons. The van der Waals surface area contributed by atoms with Gasteiger partial charge in [-0.25, -0.2) is 0 Å². The SMILES string of the molecule is O=C(CSCc1ccccc1)Nc1ccccc1C(=O)NCc1cccnc1. The normalized spacial score (nSPS) is 10.3. The van der Waals surface area contributed by atoms with Crippen LogP contribution in [0.1, 0.15) is 21.5 Å². The van der Waals surface area contributed by atoms with E-state index in [0.29, 0.717) is 23.5 Å². The molecular weight excluding hydrogens is 370 g/mol. The van der Waals surface area contributed by atoms with Crippen molar-refractivity contribution in [2.75, 3.05) is 11.1 Å². The molecule has 0 fully saturated rings.